The highest BCUT2D eigenvalue weighted by atomic mass is 16.5. The molecule has 2 rings (SSSR count). The first-order chi connectivity index (χ1) is 10.8. The summed E-state index contributed by atoms with van der Waals surface area (Å²) in [6.45, 7) is 10.9. The predicted octanol–water partition coefficient (Wildman–Crippen LogP) is 4.88. The number of carbonyl (C=O) groups excluding carboxylic acids is 1. The minimum atomic E-state index is -0.0716. The molecule has 1 aromatic rings. The largest absolute Gasteiger partial charge is 0.461 e. The molecule has 1 aliphatic rings. The molecule has 1 aromatic carbocycles. The molecule has 0 spiro atoms. The molecular formula is C21H28O2. The molecule has 0 heterocycles. The topological polar surface area (TPSA) is 26.3 Å². The van der Waals surface area contributed by atoms with E-state index in [0.717, 1.165) is 6.42 Å². The maximum atomic E-state index is 12.2. The van der Waals surface area contributed by atoms with Crippen molar-refractivity contribution in [2.24, 2.45) is 17.3 Å². The molecule has 23 heavy (non-hydrogen) atoms. The zero-order valence-electron chi connectivity index (χ0n) is 14.9. The van der Waals surface area contributed by atoms with E-state index in [1.807, 2.05) is 6.08 Å². The molecule has 1 fully saturated rings. The van der Waals surface area contributed by atoms with E-state index in [1.165, 1.54) is 16.7 Å². The van der Waals surface area contributed by atoms with Crippen LogP contribution in [0.5, 0.6) is 0 Å². The standard InChI is InChI=1S/C21H28O2/c1-15(2)13-18-19(21(18,4)5)20(22)23-12-7-6-10-17-11-8-9-16(3)14-17/h6-9,11,13-14,18-19H,10,12H2,1-5H3/b7-6+. The van der Waals surface area contributed by atoms with E-state index < -0.39 is 0 Å². The van der Waals surface area contributed by atoms with Gasteiger partial charge in [0, 0.05) is 0 Å². The maximum absolute atomic E-state index is 12.2. The first-order valence-corrected chi connectivity index (χ1v) is 8.34. The van der Waals surface area contributed by atoms with Gasteiger partial charge in [0.2, 0.25) is 0 Å². The van der Waals surface area contributed by atoms with Crippen LogP contribution in [0.3, 0.4) is 0 Å². The van der Waals surface area contributed by atoms with Gasteiger partial charge in [-0.3, -0.25) is 4.79 Å². The average Bonchev–Trinajstić information content (AvgIpc) is 2.98. The summed E-state index contributed by atoms with van der Waals surface area (Å²) in [6, 6.07) is 8.44. The number of esters is 1. The summed E-state index contributed by atoms with van der Waals surface area (Å²) in [5.41, 5.74) is 3.83. The predicted molar refractivity (Wildman–Crippen MR) is 95.2 cm³/mol. The molecule has 0 N–H and O–H groups in total. The van der Waals surface area contributed by atoms with Crippen LogP contribution >= 0.6 is 0 Å². The third kappa shape index (κ3) is 4.57. The van der Waals surface area contributed by atoms with Gasteiger partial charge in [-0.1, -0.05) is 67.5 Å². The number of rotatable bonds is 6. The van der Waals surface area contributed by atoms with Crippen LogP contribution in [0.15, 0.2) is 48.1 Å². The van der Waals surface area contributed by atoms with Crippen LogP contribution < -0.4 is 0 Å². The third-order valence-electron chi connectivity index (χ3n) is 4.60. The van der Waals surface area contributed by atoms with Crippen LogP contribution in [0.2, 0.25) is 0 Å². The monoisotopic (exact) mass is 312 g/mol. The lowest BCUT2D eigenvalue weighted by Gasteiger charge is -2.03. The molecule has 1 saturated carbocycles. The first kappa shape index (κ1) is 17.5. The van der Waals surface area contributed by atoms with Crippen molar-refractivity contribution in [2.75, 3.05) is 6.61 Å². The van der Waals surface area contributed by atoms with Gasteiger partial charge in [-0.25, -0.2) is 0 Å². The fourth-order valence-corrected chi connectivity index (χ4v) is 3.14. The summed E-state index contributed by atoms with van der Waals surface area (Å²) in [7, 11) is 0. The van der Waals surface area contributed by atoms with Gasteiger partial charge in [-0.2, -0.15) is 0 Å². The number of ether oxygens (including phenoxy) is 1. The molecule has 124 valence electrons. The van der Waals surface area contributed by atoms with Crippen molar-refractivity contribution in [3.05, 3.63) is 59.2 Å². The van der Waals surface area contributed by atoms with Crippen molar-refractivity contribution < 1.29 is 9.53 Å². The number of aryl methyl sites for hydroxylation is 1. The number of benzene rings is 1. The van der Waals surface area contributed by atoms with Crippen molar-refractivity contribution in [2.45, 2.75) is 41.0 Å². The Labute approximate surface area is 140 Å². The van der Waals surface area contributed by atoms with Gasteiger partial charge < -0.3 is 4.74 Å². The van der Waals surface area contributed by atoms with Crippen LogP contribution in [-0.4, -0.2) is 12.6 Å². The maximum Gasteiger partial charge on any atom is 0.310 e. The van der Waals surface area contributed by atoms with Gasteiger partial charge in [-0.05, 0) is 44.1 Å². The SMILES string of the molecule is CC(C)=CC1C(C(=O)OC/C=C/Cc2cccc(C)c2)C1(C)C. The Morgan fingerprint density at radius 1 is 1.26 bits per heavy atom. The molecule has 1 aliphatic carbocycles. The van der Waals surface area contributed by atoms with Crippen molar-refractivity contribution >= 4 is 5.97 Å². The molecule has 2 unspecified atom stereocenters. The molecule has 0 amide bonds. The van der Waals surface area contributed by atoms with E-state index in [9.17, 15) is 4.79 Å². The molecule has 0 saturated heterocycles. The Kier molecular flexibility index (Phi) is 5.46. The smallest absolute Gasteiger partial charge is 0.310 e. The van der Waals surface area contributed by atoms with Gasteiger partial charge >= 0.3 is 5.97 Å². The first-order valence-electron chi connectivity index (χ1n) is 8.34. The summed E-state index contributed by atoms with van der Waals surface area (Å²) in [6.07, 6.45) is 7.06. The highest BCUT2D eigenvalue weighted by Crippen LogP contribution is 2.59. The fourth-order valence-electron chi connectivity index (χ4n) is 3.14. The zero-order valence-corrected chi connectivity index (χ0v) is 14.9. The quantitative estimate of drug-likeness (QED) is 0.553. The van der Waals surface area contributed by atoms with Crippen molar-refractivity contribution in [3.8, 4) is 0 Å². The van der Waals surface area contributed by atoms with E-state index in [1.54, 1.807) is 0 Å². The number of hydrogen-bond donors (Lipinski definition) is 0. The molecule has 0 bridgehead atoms. The molecule has 0 aliphatic heterocycles. The van der Waals surface area contributed by atoms with Crippen molar-refractivity contribution in [3.63, 3.8) is 0 Å². The summed E-state index contributed by atoms with van der Waals surface area (Å²) >= 11 is 0. The number of hydrogen-bond acceptors (Lipinski definition) is 2. The minimum absolute atomic E-state index is 0.00238. The van der Waals surface area contributed by atoms with Crippen molar-refractivity contribution in [1.82, 2.24) is 0 Å². The second-order valence-corrected chi connectivity index (χ2v) is 7.36. The molecule has 2 nitrogen and oxygen atoms in total. The summed E-state index contributed by atoms with van der Waals surface area (Å²) in [4.78, 5) is 12.2. The Morgan fingerprint density at radius 3 is 2.65 bits per heavy atom. The normalized spacial score (nSPS) is 22.0. The Balaban J connectivity index is 1.77. The molecule has 0 aromatic heterocycles. The van der Waals surface area contributed by atoms with Crippen LogP contribution in [-0.2, 0) is 16.0 Å². The Morgan fingerprint density at radius 2 is 2.00 bits per heavy atom. The highest BCUT2D eigenvalue weighted by molar-refractivity contribution is 5.78. The van der Waals surface area contributed by atoms with Gasteiger partial charge in [0.1, 0.15) is 6.61 Å². The van der Waals surface area contributed by atoms with Crippen LogP contribution in [0.1, 0.15) is 38.8 Å². The van der Waals surface area contributed by atoms with E-state index in [4.69, 9.17) is 4.74 Å². The van der Waals surface area contributed by atoms with E-state index in [0.29, 0.717) is 12.5 Å². The highest BCUT2D eigenvalue weighted by Gasteiger charge is 2.61. The number of carbonyl (C=O) groups is 1. The van der Waals surface area contributed by atoms with Gasteiger partial charge in [0.15, 0.2) is 0 Å². The van der Waals surface area contributed by atoms with Gasteiger partial charge in [0.25, 0.3) is 0 Å². The van der Waals surface area contributed by atoms with Crippen LogP contribution in [0, 0.1) is 24.2 Å². The fraction of sp³-hybridized carbons (Fsp3) is 0.476. The lowest BCUT2D eigenvalue weighted by atomic mass is 10.1. The minimum Gasteiger partial charge on any atom is -0.461 e. The third-order valence-corrected chi connectivity index (χ3v) is 4.60. The van der Waals surface area contributed by atoms with Crippen LogP contribution in [0.4, 0.5) is 0 Å². The lowest BCUT2D eigenvalue weighted by molar-refractivity contribution is -0.144. The number of allylic oxidation sites excluding steroid dienone is 3. The van der Waals surface area contributed by atoms with Gasteiger partial charge in [0.05, 0.1) is 5.92 Å². The molecule has 2 heteroatoms. The van der Waals surface area contributed by atoms with E-state index >= 15 is 0 Å². The van der Waals surface area contributed by atoms with E-state index in [-0.39, 0.29) is 17.3 Å². The lowest BCUT2D eigenvalue weighted by Crippen LogP contribution is -2.10. The molecule has 2 atom stereocenters. The Hall–Kier alpha value is -1.83. The van der Waals surface area contributed by atoms with Crippen LogP contribution in [0.25, 0.3) is 0 Å². The summed E-state index contributed by atoms with van der Waals surface area (Å²) in [5, 5.41) is 0. The average molecular weight is 312 g/mol. The molecule has 0 radical (unpaired) electrons. The van der Waals surface area contributed by atoms with Crippen molar-refractivity contribution in [1.29, 1.82) is 0 Å². The van der Waals surface area contributed by atoms with Gasteiger partial charge in [-0.15, -0.1) is 0 Å². The second kappa shape index (κ2) is 7.16. The molecular weight excluding hydrogens is 284 g/mol. The Bertz CT molecular complexity index is 618. The summed E-state index contributed by atoms with van der Waals surface area (Å²) < 4.78 is 5.42. The van der Waals surface area contributed by atoms with E-state index in [2.05, 4.69) is 71.0 Å². The zero-order chi connectivity index (χ0) is 17.0. The second-order valence-electron chi connectivity index (χ2n) is 7.36. The summed E-state index contributed by atoms with van der Waals surface area (Å²) in [5.74, 6) is 0.247.